The third-order valence-corrected chi connectivity index (χ3v) is 8.07. The predicted octanol–water partition coefficient (Wildman–Crippen LogP) is 3.19. The fourth-order valence-electron chi connectivity index (χ4n) is 6.08. The number of hydrogen-bond donors (Lipinski definition) is 5. The van der Waals surface area contributed by atoms with E-state index in [1.165, 1.54) is 11.1 Å². The van der Waals surface area contributed by atoms with Gasteiger partial charge in [-0.25, -0.2) is 4.98 Å². The topological polar surface area (TPSA) is 134 Å². The lowest BCUT2D eigenvalue weighted by Crippen LogP contribution is -2.41. The average Bonchev–Trinajstić information content (AvgIpc) is 3.40. The molecule has 10 heteroatoms. The second kappa shape index (κ2) is 10.8. The maximum absolute atomic E-state index is 12.1. The smallest absolute Gasteiger partial charge is 0.229 e. The molecular weight excluding hydrogens is 492 g/mol. The van der Waals surface area contributed by atoms with Crippen LogP contribution < -0.4 is 26.4 Å². The number of ether oxygens (including phenoxy) is 1. The number of nitrogens with one attached hydrogen (secondary N) is 3. The minimum atomic E-state index is -0.371. The fraction of sp³-hybridized carbons (Fsp3) is 0.519. The van der Waals surface area contributed by atoms with E-state index in [9.17, 15) is 9.90 Å². The first-order chi connectivity index (χ1) is 17.8. The van der Waals surface area contributed by atoms with E-state index >= 15 is 0 Å². The van der Waals surface area contributed by atoms with Gasteiger partial charge in [-0.3, -0.25) is 4.79 Å². The van der Waals surface area contributed by atoms with Crippen LogP contribution in [-0.4, -0.2) is 52.8 Å². The fourth-order valence-corrected chi connectivity index (χ4v) is 6.23. The zero-order valence-corrected chi connectivity index (χ0v) is 22.0. The van der Waals surface area contributed by atoms with Gasteiger partial charge in [-0.15, -0.1) is 0 Å². The number of anilines is 3. The van der Waals surface area contributed by atoms with Crippen LogP contribution in [0.1, 0.15) is 37.3 Å². The Morgan fingerprint density at radius 1 is 1.32 bits per heavy atom. The normalized spacial score (nSPS) is 26.9. The number of nitrogens with zero attached hydrogens (tertiary/aromatic N) is 2. The Labute approximate surface area is 222 Å². The van der Waals surface area contributed by atoms with Gasteiger partial charge in [-0.1, -0.05) is 29.8 Å². The second-order valence-corrected chi connectivity index (χ2v) is 10.8. The molecule has 37 heavy (non-hydrogen) atoms. The summed E-state index contributed by atoms with van der Waals surface area (Å²) in [6.07, 6.45) is 10.2. The summed E-state index contributed by atoms with van der Waals surface area (Å²) in [6.45, 7) is 2.38. The summed E-state index contributed by atoms with van der Waals surface area (Å²) in [4.78, 5) is 21.1. The van der Waals surface area contributed by atoms with Crippen molar-refractivity contribution in [2.75, 3.05) is 24.3 Å². The Hall–Kier alpha value is -2.88. The highest BCUT2D eigenvalue weighted by Gasteiger charge is 2.47. The number of carbonyl (C=O) groups excluding carboxylic acids is 1. The van der Waals surface area contributed by atoms with Gasteiger partial charge in [0.25, 0.3) is 0 Å². The van der Waals surface area contributed by atoms with Gasteiger partial charge in [0.2, 0.25) is 11.9 Å². The van der Waals surface area contributed by atoms with Crippen molar-refractivity contribution in [3.8, 4) is 5.75 Å². The van der Waals surface area contributed by atoms with Gasteiger partial charge in [-0.05, 0) is 68.1 Å². The number of primary amides is 1. The molecule has 2 bridgehead atoms. The minimum absolute atomic E-state index is 0.148. The van der Waals surface area contributed by atoms with E-state index in [4.69, 9.17) is 22.1 Å². The monoisotopic (exact) mass is 526 g/mol. The molecule has 1 aromatic heterocycles. The number of amides is 1. The Balaban J connectivity index is 1.35. The first kappa shape index (κ1) is 25.8. The van der Waals surface area contributed by atoms with Crippen molar-refractivity contribution < 1.29 is 14.6 Å². The summed E-state index contributed by atoms with van der Waals surface area (Å²) in [5.41, 5.74) is 8.92. The summed E-state index contributed by atoms with van der Waals surface area (Å²) in [7, 11) is 1.68. The molecule has 3 aliphatic rings. The summed E-state index contributed by atoms with van der Waals surface area (Å²) in [5, 5.41) is 20.2. The van der Waals surface area contributed by atoms with Crippen LogP contribution in [0.3, 0.4) is 0 Å². The molecule has 3 aliphatic carbocycles. The van der Waals surface area contributed by atoms with Gasteiger partial charge < -0.3 is 31.5 Å². The molecule has 1 heterocycles. The van der Waals surface area contributed by atoms with Crippen molar-refractivity contribution in [3.63, 3.8) is 0 Å². The SMILES string of the molecule is COc1c(Nc2ncc(Cl)c(N[C@H]3[C@@H](C(N)=O)[C@@H]4C=C[C@H]3C4)n2)ccc2c1CCCC(NC[C@@H](C)O)C2. The summed E-state index contributed by atoms with van der Waals surface area (Å²) in [5.74, 6) is 1.41. The second-order valence-electron chi connectivity index (χ2n) is 10.4. The Kier molecular flexibility index (Phi) is 7.55. The molecule has 1 amide bonds. The molecule has 1 saturated carbocycles. The number of aliphatic hydroxyl groups excluding tert-OH is 1. The number of aromatic nitrogens is 2. The van der Waals surface area contributed by atoms with Crippen LogP contribution in [0.5, 0.6) is 5.75 Å². The van der Waals surface area contributed by atoms with Gasteiger partial charge >= 0.3 is 0 Å². The molecule has 6 atom stereocenters. The first-order valence-corrected chi connectivity index (χ1v) is 13.4. The van der Waals surface area contributed by atoms with E-state index < -0.39 is 0 Å². The van der Waals surface area contributed by atoms with Crippen LogP contribution in [0, 0.1) is 17.8 Å². The van der Waals surface area contributed by atoms with Crippen LogP contribution in [0.25, 0.3) is 0 Å². The lowest BCUT2D eigenvalue weighted by Gasteiger charge is -2.27. The number of hydrogen-bond acceptors (Lipinski definition) is 8. The van der Waals surface area contributed by atoms with Crippen LogP contribution >= 0.6 is 11.6 Å². The summed E-state index contributed by atoms with van der Waals surface area (Å²) >= 11 is 6.44. The number of aliphatic hydroxyl groups is 1. The Morgan fingerprint density at radius 2 is 2.14 bits per heavy atom. The molecule has 0 radical (unpaired) electrons. The molecule has 5 rings (SSSR count). The van der Waals surface area contributed by atoms with E-state index in [1.54, 1.807) is 20.2 Å². The number of nitrogens with two attached hydrogens (primary N) is 1. The number of benzene rings is 1. The molecule has 6 N–H and O–H groups in total. The van der Waals surface area contributed by atoms with Crippen molar-refractivity contribution in [3.05, 3.63) is 46.6 Å². The largest absolute Gasteiger partial charge is 0.494 e. The molecule has 1 fully saturated rings. The van der Waals surface area contributed by atoms with Crippen molar-refractivity contribution >= 4 is 35.0 Å². The zero-order chi connectivity index (χ0) is 26.1. The van der Waals surface area contributed by atoms with Crippen LogP contribution in [0.4, 0.5) is 17.5 Å². The van der Waals surface area contributed by atoms with E-state index in [2.05, 4.69) is 44.1 Å². The van der Waals surface area contributed by atoms with E-state index in [0.717, 1.165) is 43.5 Å². The van der Waals surface area contributed by atoms with Gasteiger partial charge in [-0.2, -0.15) is 4.98 Å². The molecule has 198 valence electrons. The maximum Gasteiger partial charge on any atom is 0.229 e. The Bertz CT molecular complexity index is 1190. The highest BCUT2D eigenvalue weighted by Crippen LogP contribution is 2.45. The minimum Gasteiger partial charge on any atom is -0.494 e. The molecule has 1 unspecified atom stereocenters. The molecule has 0 aliphatic heterocycles. The number of halogens is 1. The van der Waals surface area contributed by atoms with E-state index in [1.807, 2.05) is 6.07 Å². The first-order valence-electron chi connectivity index (χ1n) is 13.0. The molecular formula is C27H35ClN6O3. The van der Waals surface area contributed by atoms with Crippen molar-refractivity contribution in [2.45, 2.75) is 57.2 Å². The van der Waals surface area contributed by atoms with Gasteiger partial charge in [0.15, 0.2) is 5.82 Å². The Morgan fingerprint density at radius 3 is 2.89 bits per heavy atom. The number of allylic oxidation sites excluding steroid dienone is 1. The summed E-state index contributed by atoms with van der Waals surface area (Å²) in [6, 6.07) is 4.28. The van der Waals surface area contributed by atoms with Crippen molar-refractivity contribution in [1.29, 1.82) is 0 Å². The lowest BCUT2D eigenvalue weighted by molar-refractivity contribution is -0.122. The zero-order valence-electron chi connectivity index (χ0n) is 21.2. The van der Waals surface area contributed by atoms with E-state index in [0.29, 0.717) is 29.4 Å². The number of fused-ring (bicyclic) bond motifs is 3. The standard InChI is InChI=1S/C27H35ClN6O3/c1-14(35)12-30-18-4-3-5-19-15(11-18)8-9-21(24(19)37-2)32-27-31-13-20(28)26(34-27)33-23-17-7-6-16(10-17)22(23)25(29)36/h6-9,13-14,16-18,22-23,30,35H,3-5,10-12H2,1-2H3,(H2,29,36)(H2,31,32,33,34)/t14-,16-,17+,18?,22+,23-/m1/s1. The highest BCUT2D eigenvalue weighted by molar-refractivity contribution is 6.32. The quantitative estimate of drug-likeness (QED) is 0.248. The highest BCUT2D eigenvalue weighted by atomic mass is 35.5. The predicted molar refractivity (Wildman–Crippen MR) is 144 cm³/mol. The third-order valence-electron chi connectivity index (χ3n) is 7.79. The molecule has 0 saturated heterocycles. The molecule has 2 aromatic rings. The average molecular weight is 527 g/mol. The van der Waals surface area contributed by atoms with Gasteiger partial charge in [0.05, 0.1) is 31.0 Å². The van der Waals surface area contributed by atoms with Crippen molar-refractivity contribution in [1.82, 2.24) is 15.3 Å². The van der Waals surface area contributed by atoms with Gasteiger partial charge in [0.1, 0.15) is 10.8 Å². The van der Waals surface area contributed by atoms with Gasteiger partial charge in [0, 0.05) is 18.6 Å². The summed E-state index contributed by atoms with van der Waals surface area (Å²) < 4.78 is 5.86. The van der Waals surface area contributed by atoms with Crippen molar-refractivity contribution in [2.24, 2.45) is 23.5 Å². The van der Waals surface area contributed by atoms with Crippen LogP contribution in [-0.2, 0) is 17.6 Å². The lowest BCUT2D eigenvalue weighted by atomic mass is 9.88. The number of carbonyl (C=O) groups is 1. The third kappa shape index (κ3) is 5.39. The van der Waals surface area contributed by atoms with Crippen LogP contribution in [0.15, 0.2) is 30.5 Å². The number of rotatable bonds is 9. The van der Waals surface area contributed by atoms with E-state index in [-0.39, 0.29) is 35.8 Å². The number of methoxy groups -OCH3 is 1. The maximum atomic E-state index is 12.1. The molecule has 1 aromatic carbocycles. The molecule has 9 nitrogen and oxygen atoms in total. The molecule has 0 spiro atoms. The van der Waals surface area contributed by atoms with Crippen LogP contribution in [0.2, 0.25) is 5.02 Å².